The summed E-state index contributed by atoms with van der Waals surface area (Å²) in [6.07, 6.45) is 0. The maximum absolute atomic E-state index is 13.8. The van der Waals surface area contributed by atoms with Crippen LogP contribution in [0.1, 0.15) is 21.5 Å². The first-order valence-corrected chi connectivity index (χ1v) is 11.9. The van der Waals surface area contributed by atoms with E-state index in [1.807, 2.05) is 55.4 Å². The number of para-hydroxylation sites is 1. The van der Waals surface area contributed by atoms with E-state index in [1.54, 1.807) is 7.11 Å². The molecule has 4 rings (SSSR count). The quantitative estimate of drug-likeness (QED) is 0.464. The molecule has 0 bridgehead atoms. The Kier molecular flexibility index (Phi) is 8.05. The van der Waals surface area contributed by atoms with E-state index in [0.717, 1.165) is 28.9 Å². The number of hydrogen-bond donors (Lipinski definition) is 0. The van der Waals surface area contributed by atoms with Gasteiger partial charge in [-0.1, -0.05) is 41.1 Å². The second kappa shape index (κ2) is 11.4. The number of nitrogens with zero attached hydrogens (tertiary/aromatic N) is 4. The molecule has 186 valence electrons. The van der Waals surface area contributed by atoms with Gasteiger partial charge in [0.05, 0.1) is 38.0 Å². The fourth-order valence-electron chi connectivity index (χ4n) is 4.23. The van der Waals surface area contributed by atoms with Crippen molar-refractivity contribution in [3.8, 4) is 17.0 Å². The van der Waals surface area contributed by atoms with Gasteiger partial charge in [-0.15, -0.1) is 0 Å². The highest BCUT2D eigenvalue weighted by atomic mass is 16.5. The van der Waals surface area contributed by atoms with E-state index in [2.05, 4.69) is 34.0 Å². The molecule has 1 aromatic heterocycles. The number of methoxy groups -OCH3 is 1. The van der Waals surface area contributed by atoms with Gasteiger partial charge in [0.2, 0.25) is 5.88 Å². The molecule has 0 unspecified atom stereocenters. The largest absolute Gasteiger partial charge is 0.496 e. The highest BCUT2D eigenvalue weighted by Crippen LogP contribution is 2.34. The van der Waals surface area contributed by atoms with Gasteiger partial charge in [-0.05, 0) is 39.2 Å². The second-order valence-electron chi connectivity index (χ2n) is 9.01. The van der Waals surface area contributed by atoms with Crippen LogP contribution in [0, 0.1) is 6.92 Å². The molecule has 8 nitrogen and oxygen atoms in total. The number of morpholine rings is 1. The molecule has 2 aromatic carbocycles. The summed E-state index contributed by atoms with van der Waals surface area (Å²) in [5.74, 6) is 1.17. The molecule has 8 heteroatoms. The summed E-state index contributed by atoms with van der Waals surface area (Å²) in [5, 5.41) is 4.49. The molecule has 2 heterocycles. The molecule has 1 fully saturated rings. The topological polar surface area (TPSA) is 71.3 Å². The SMILES string of the molecule is COc1ccccc1C(=O)N(CCN(C)C)Cc1c(-c2cccc(C)c2)noc1N1CCOCC1. The second-order valence-corrected chi connectivity index (χ2v) is 9.01. The Balaban J connectivity index is 1.75. The van der Waals surface area contributed by atoms with Gasteiger partial charge in [-0.25, -0.2) is 0 Å². The zero-order chi connectivity index (χ0) is 24.8. The lowest BCUT2D eigenvalue weighted by Gasteiger charge is -2.29. The fourth-order valence-corrected chi connectivity index (χ4v) is 4.23. The third-order valence-electron chi connectivity index (χ3n) is 6.15. The van der Waals surface area contributed by atoms with E-state index in [0.29, 0.717) is 56.6 Å². The average Bonchev–Trinajstić information content (AvgIpc) is 3.30. The summed E-state index contributed by atoms with van der Waals surface area (Å²) in [5.41, 5.74) is 4.31. The van der Waals surface area contributed by atoms with Crippen molar-refractivity contribution in [2.75, 3.05) is 65.5 Å². The summed E-state index contributed by atoms with van der Waals surface area (Å²) in [7, 11) is 5.59. The van der Waals surface area contributed by atoms with Crippen LogP contribution in [0.25, 0.3) is 11.3 Å². The van der Waals surface area contributed by atoms with E-state index < -0.39 is 0 Å². The van der Waals surface area contributed by atoms with Crippen molar-refractivity contribution in [2.24, 2.45) is 0 Å². The summed E-state index contributed by atoms with van der Waals surface area (Å²) in [4.78, 5) is 19.9. The third-order valence-corrected chi connectivity index (χ3v) is 6.15. The van der Waals surface area contributed by atoms with E-state index >= 15 is 0 Å². The number of aryl methyl sites for hydroxylation is 1. The van der Waals surface area contributed by atoms with Gasteiger partial charge >= 0.3 is 0 Å². The molecule has 35 heavy (non-hydrogen) atoms. The first-order valence-electron chi connectivity index (χ1n) is 11.9. The summed E-state index contributed by atoms with van der Waals surface area (Å²) >= 11 is 0. The zero-order valence-corrected chi connectivity index (χ0v) is 21.0. The highest BCUT2D eigenvalue weighted by molar-refractivity contribution is 5.97. The lowest BCUT2D eigenvalue weighted by molar-refractivity contribution is 0.0728. The molecule has 0 saturated carbocycles. The molecule has 0 radical (unpaired) electrons. The number of hydrogen-bond acceptors (Lipinski definition) is 7. The average molecular weight is 479 g/mol. The van der Waals surface area contributed by atoms with Gasteiger partial charge in [-0.3, -0.25) is 4.79 Å². The number of aromatic nitrogens is 1. The Morgan fingerprint density at radius 1 is 1.09 bits per heavy atom. The van der Waals surface area contributed by atoms with Crippen molar-refractivity contribution in [1.29, 1.82) is 0 Å². The number of carbonyl (C=O) groups excluding carboxylic acids is 1. The van der Waals surface area contributed by atoms with Crippen LogP contribution in [-0.4, -0.2) is 81.5 Å². The molecule has 3 aromatic rings. The standard InChI is InChI=1S/C27H34N4O4/c1-20-8-7-9-21(18-20)25-23(27(35-28-25)30-14-16-34-17-15-30)19-31(13-12-29(2)3)26(32)22-10-5-6-11-24(22)33-4/h5-11,18H,12-17,19H2,1-4H3. The van der Waals surface area contributed by atoms with Crippen LogP contribution >= 0.6 is 0 Å². The van der Waals surface area contributed by atoms with Gasteiger partial charge in [-0.2, -0.15) is 0 Å². The molecule has 1 saturated heterocycles. The minimum atomic E-state index is -0.0892. The molecular weight excluding hydrogens is 444 g/mol. The predicted molar refractivity (Wildman–Crippen MR) is 136 cm³/mol. The maximum atomic E-state index is 13.8. The number of likely N-dealkylation sites (N-methyl/N-ethyl adjacent to an activating group) is 1. The predicted octanol–water partition coefficient (Wildman–Crippen LogP) is 3.70. The van der Waals surface area contributed by atoms with Crippen LogP contribution in [0.4, 0.5) is 5.88 Å². The van der Waals surface area contributed by atoms with E-state index in [4.69, 9.17) is 14.0 Å². The van der Waals surface area contributed by atoms with Crippen molar-refractivity contribution in [3.63, 3.8) is 0 Å². The van der Waals surface area contributed by atoms with Crippen molar-refractivity contribution >= 4 is 11.8 Å². The Hall–Kier alpha value is -3.36. The number of amides is 1. The van der Waals surface area contributed by atoms with Crippen LogP contribution in [0.5, 0.6) is 5.75 Å². The number of benzene rings is 2. The summed E-state index contributed by atoms with van der Waals surface area (Å²) < 4.78 is 17.0. The lowest BCUT2D eigenvalue weighted by atomic mass is 10.0. The monoisotopic (exact) mass is 478 g/mol. The van der Waals surface area contributed by atoms with E-state index in [1.165, 1.54) is 0 Å². The van der Waals surface area contributed by atoms with E-state index in [-0.39, 0.29) is 5.91 Å². The van der Waals surface area contributed by atoms with Gasteiger partial charge in [0.25, 0.3) is 5.91 Å². The minimum Gasteiger partial charge on any atom is -0.496 e. The zero-order valence-electron chi connectivity index (χ0n) is 21.0. The van der Waals surface area contributed by atoms with Crippen LogP contribution in [0.15, 0.2) is 53.1 Å². The molecule has 0 N–H and O–H groups in total. The van der Waals surface area contributed by atoms with Gasteiger partial charge < -0.3 is 28.7 Å². The van der Waals surface area contributed by atoms with Gasteiger partial charge in [0, 0.05) is 31.7 Å². The van der Waals surface area contributed by atoms with Crippen molar-refractivity contribution in [2.45, 2.75) is 13.5 Å². The van der Waals surface area contributed by atoms with Crippen LogP contribution in [0.2, 0.25) is 0 Å². The van der Waals surface area contributed by atoms with Crippen molar-refractivity contribution in [1.82, 2.24) is 15.0 Å². The van der Waals surface area contributed by atoms with Crippen molar-refractivity contribution in [3.05, 3.63) is 65.2 Å². The molecule has 0 atom stereocenters. The highest BCUT2D eigenvalue weighted by Gasteiger charge is 2.28. The Morgan fingerprint density at radius 3 is 2.57 bits per heavy atom. The van der Waals surface area contributed by atoms with Gasteiger partial charge in [0.15, 0.2) is 0 Å². The van der Waals surface area contributed by atoms with E-state index in [9.17, 15) is 4.79 Å². The molecule has 0 aliphatic carbocycles. The van der Waals surface area contributed by atoms with Crippen molar-refractivity contribution < 1.29 is 18.8 Å². The normalized spacial score (nSPS) is 13.8. The Labute approximate surface area is 207 Å². The van der Waals surface area contributed by atoms with Gasteiger partial charge in [0.1, 0.15) is 11.4 Å². The number of ether oxygens (including phenoxy) is 2. The number of rotatable bonds is 9. The maximum Gasteiger partial charge on any atom is 0.257 e. The number of carbonyl (C=O) groups is 1. The Bertz CT molecular complexity index is 1140. The smallest absolute Gasteiger partial charge is 0.257 e. The van der Waals surface area contributed by atoms with Crippen LogP contribution < -0.4 is 9.64 Å². The first kappa shape index (κ1) is 24.8. The first-order chi connectivity index (χ1) is 17.0. The molecule has 0 spiro atoms. The third kappa shape index (κ3) is 5.83. The molecular formula is C27H34N4O4. The van der Waals surface area contributed by atoms with Crippen LogP contribution in [0.3, 0.4) is 0 Å². The molecule has 1 amide bonds. The minimum absolute atomic E-state index is 0.0892. The number of anilines is 1. The summed E-state index contributed by atoms with van der Waals surface area (Å²) in [6.45, 7) is 6.38. The lowest BCUT2D eigenvalue weighted by Crippen LogP contribution is -2.39. The van der Waals surface area contributed by atoms with Crippen LogP contribution in [-0.2, 0) is 11.3 Å². The fraction of sp³-hybridized carbons (Fsp3) is 0.407. The Morgan fingerprint density at radius 2 is 1.86 bits per heavy atom. The molecule has 1 aliphatic heterocycles. The molecule has 1 aliphatic rings. The summed E-state index contributed by atoms with van der Waals surface area (Å²) in [6, 6.07) is 15.5.